The van der Waals surface area contributed by atoms with E-state index >= 15 is 0 Å². The Balaban J connectivity index is 2.07. The molecule has 0 radical (unpaired) electrons. The molecule has 1 saturated heterocycles. The molecule has 21 heavy (non-hydrogen) atoms. The van der Waals surface area contributed by atoms with Crippen molar-refractivity contribution >= 4 is 12.0 Å². The third kappa shape index (κ3) is 4.41. The summed E-state index contributed by atoms with van der Waals surface area (Å²) in [6, 6.07) is 7.94. The lowest BCUT2D eigenvalue weighted by Gasteiger charge is -2.36. The van der Waals surface area contributed by atoms with Crippen LogP contribution in [0.5, 0.6) is 0 Å². The lowest BCUT2D eigenvalue weighted by molar-refractivity contribution is -0.131. The minimum Gasteiger partial charge on any atom is -0.478 e. The monoisotopic (exact) mass is 289 g/mol. The van der Waals surface area contributed by atoms with Crippen molar-refractivity contribution in [1.29, 1.82) is 0 Å². The van der Waals surface area contributed by atoms with Gasteiger partial charge in [-0.05, 0) is 36.1 Å². The number of likely N-dealkylation sites (tertiary alicyclic amines) is 1. The van der Waals surface area contributed by atoms with Gasteiger partial charge in [0.2, 0.25) is 0 Å². The molecule has 0 saturated carbocycles. The first kappa shape index (κ1) is 15.7. The van der Waals surface area contributed by atoms with E-state index in [0.29, 0.717) is 5.92 Å². The Labute approximate surface area is 126 Å². The predicted molar refractivity (Wildman–Crippen MR) is 83.0 cm³/mol. The Kier molecular flexibility index (Phi) is 5.53. The Morgan fingerprint density at radius 3 is 2.95 bits per heavy atom. The predicted octanol–water partition coefficient (Wildman–Crippen LogP) is 2.64. The van der Waals surface area contributed by atoms with Crippen molar-refractivity contribution in [2.75, 3.05) is 20.2 Å². The van der Waals surface area contributed by atoms with Crippen molar-refractivity contribution in [2.45, 2.75) is 26.0 Å². The van der Waals surface area contributed by atoms with Crippen molar-refractivity contribution in [3.8, 4) is 0 Å². The summed E-state index contributed by atoms with van der Waals surface area (Å²) in [6.45, 7) is 5.04. The molecular formula is C17H23NO3. The maximum atomic E-state index is 10.7. The quantitative estimate of drug-likeness (QED) is 0.847. The van der Waals surface area contributed by atoms with Crippen LogP contribution in [0.25, 0.3) is 6.08 Å². The number of methoxy groups -OCH3 is 1. The first-order valence-electron chi connectivity index (χ1n) is 7.34. The van der Waals surface area contributed by atoms with Crippen LogP contribution in [0.3, 0.4) is 0 Å². The van der Waals surface area contributed by atoms with Gasteiger partial charge in [0.05, 0.1) is 6.10 Å². The SMILES string of the molecule is COC1CN(Cc2ccccc2/C=C/C(=O)O)CCC1C. The molecule has 0 spiro atoms. The average Bonchev–Trinajstić information content (AvgIpc) is 2.48. The van der Waals surface area contributed by atoms with Gasteiger partial charge in [-0.2, -0.15) is 0 Å². The van der Waals surface area contributed by atoms with Crippen LogP contribution in [0.1, 0.15) is 24.5 Å². The highest BCUT2D eigenvalue weighted by Gasteiger charge is 2.26. The smallest absolute Gasteiger partial charge is 0.328 e. The number of hydrogen-bond acceptors (Lipinski definition) is 3. The topological polar surface area (TPSA) is 49.8 Å². The minimum absolute atomic E-state index is 0.278. The molecule has 2 atom stereocenters. The van der Waals surface area contributed by atoms with E-state index in [-0.39, 0.29) is 6.10 Å². The van der Waals surface area contributed by atoms with Crippen LogP contribution in [-0.4, -0.2) is 42.3 Å². The summed E-state index contributed by atoms with van der Waals surface area (Å²) in [4.78, 5) is 13.1. The largest absolute Gasteiger partial charge is 0.478 e. The van der Waals surface area contributed by atoms with Crippen molar-refractivity contribution in [1.82, 2.24) is 4.90 Å². The van der Waals surface area contributed by atoms with Crippen molar-refractivity contribution in [3.05, 3.63) is 41.5 Å². The number of rotatable bonds is 5. The zero-order valence-electron chi connectivity index (χ0n) is 12.7. The van der Waals surface area contributed by atoms with Gasteiger partial charge in [0, 0.05) is 26.3 Å². The van der Waals surface area contributed by atoms with Gasteiger partial charge in [0.15, 0.2) is 0 Å². The molecule has 114 valence electrons. The average molecular weight is 289 g/mol. The molecule has 1 aliphatic heterocycles. The molecule has 2 unspecified atom stereocenters. The summed E-state index contributed by atoms with van der Waals surface area (Å²) in [5, 5.41) is 8.77. The number of piperidine rings is 1. The fraction of sp³-hybridized carbons (Fsp3) is 0.471. The fourth-order valence-electron chi connectivity index (χ4n) is 2.79. The second-order valence-corrected chi connectivity index (χ2v) is 5.65. The molecule has 1 aliphatic rings. The first-order valence-corrected chi connectivity index (χ1v) is 7.34. The van der Waals surface area contributed by atoms with E-state index in [9.17, 15) is 4.79 Å². The molecule has 1 N–H and O–H groups in total. The highest BCUT2D eigenvalue weighted by molar-refractivity contribution is 5.85. The third-order valence-corrected chi connectivity index (χ3v) is 4.13. The van der Waals surface area contributed by atoms with Crippen LogP contribution in [-0.2, 0) is 16.1 Å². The maximum Gasteiger partial charge on any atom is 0.328 e. The maximum absolute atomic E-state index is 10.7. The zero-order valence-corrected chi connectivity index (χ0v) is 12.7. The second kappa shape index (κ2) is 7.38. The summed E-state index contributed by atoms with van der Waals surface area (Å²) in [5.41, 5.74) is 2.12. The van der Waals surface area contributed by atoms with E-state index in [4.69, 9.17) is 9.84 Å². The van der Waals surface area contributed by atoms with Gasteiger partial charge >= 0.3 is 5.97 Å². The van der Waals surface area contributed by atoms with Gasteiger partial charge in [-0.15, -0.1) is 0 Å². The Bertz CT molecular complexity index is 513. The third-order valence-electron chi connectivity index (χ3n) is 4.13. The molecule has 0 aromatic heterocycles. The van der Waals surface area contributed by atoms with Crippen LogP contribution < -0.4 is 0 Å². The summed E-state index contributed by atoms with van der Waals surface area (Å²) in [7, 11) is 1.77. The van der Waals surface area contributed by atoms with Crippen molar-refractivity contribution < 1.29 is 14.6 Å². The van der Waals surface area contributed by atoms with Crippen LogP contribution in [0, 0.1) is 5.92 Å². The van der Waals surface area contributed by atoms with Crippen LogP contribution in [0.15, 0.2) is 30.3 Å². The van der Waals surface area contributed by atoms with Gasteiger partial charge < -0.3 is 9.84 Å². The number of carboxylic acids is 1. The van der Waals surface area contributed by atoms with E-state index in [2.05, 4.69) is 17.9 Å². The number of benzene rings is 1. The summed E-state index contributed by atoms with van der Waals surface area (Å²) in [5.74, 6) is -0.329. The van der Waals surface area contributed by atoms with Crippen molar-refractivity contribution in [3.63, 3.8) is 0 Å². The molecule has 0 amide bonds. The molecule has 4 nitrogen and oxygen atoms in total. The van der Waals surface area contributed by atoms with E-state index in [1.807, 2.05) is 18.2 Å². The van der Waals surface area contributed by atoms with E-state index < -0.39 is 5.97 Å². The Morgan fingerprint density at radius 2 is 2.24 bits per heavy atom. The van der Waals surface area contributed by atoms with E-state index in [1.165, 1.54) is 6.08 Å². The van der Waals surface area contributed by atoms with E-state index in [1.54, 1.807) is 13.2 Å². The number of carbonyl (C=O) groups is 1. The molecule has 0 bridgehead atoms. The minimum atomic E-state index is -0.920. The number of nitrogens with zero attached hydrogens (tertiary/aromatic N) is 1. The number of hydrogen-bond donors (Lipinski definition) is 1. The zero-order chi connectivity index (χ0) is 15.2. The summed E-state index contributed by atoms with van der Waals surface area (Å²) in [6.07, 6.45) is 4.26. The number of aliphatic carboxylic acids is 1. The standard InChI is InChI=1S/C17H23NO3/c1-13-9-10-18(12-16(13)21-2)11-15-6-4-3-5-14(15)7-8-17(19)20/h3-8,13,16H,9-12H2,1-2H3,(H,19,20)/b8-7+. The van der Waals surface area contributed by atoms with Gasteiger partial charge in [-0.25, -0.2) is 4.79 Å². The lowest BCUT2D eigenvalue weighted by Crippen LogP contribution is -2.43. The molecule has 2 rings (SSSR count). The van der Waals surface area contributed by atoms with Crippen LogP contribution in [0.2, 0.25) is 0 Å². The number of ether oxygens (including phenoxy) is 1. The van der Waals surface area contributed by atoms with Crippen LogP contribution >= 0.6 is 0 Å². The molecule has 1 aromatic carbocycles. The van der Waals surface area contributed by atoms with Crippen molar-refractivity contribution in [2.24, 2.45) is 5.92 Å². The fourth-order valence-corrected chi connectivity index (χ4v) is 2.79. The molecule has 1 fully saturated rings. The normalized spacial score (nSPS) is 23.5. The molecular weight excluding hydrogens is 266 g/mol. The second-order valence-electron chi connectivity index (χ2n) is 5.65. The highest BCUT2D eigenvalue weighted by Crippen LogP contribution is 2.22. The molecule has 4 heteroatoms. The molecule has 1 aromatic rings. The Hall–Kier alpha value is -1.65. The van der Waals surface area contributed by atoms with Crippen LogP contribution in [0.4, 0.5) is 0 Å². The number of carboxylic acid groups (broad SMARTS) is 1. The molecule has 0 aliphatic carbocycles. The first-order chi connectivity index (χ1) is 10.1. The van der Waals surface area contributed by atoms with Gasteiger partial charge in [-0.1, -0.05) is 31.2 Å². The van der Waals surface area contributed by atoms with Gasteiger partial charge in [0.1, 0.15) is 0 Å². The van der Waals surface area contributed by atoms with E-state index in [0.717, 1.165) is 37.2 Å². The lowest BCUT2D eigenvalue weighted by atomic mass is 9.95. The van der Waals surface area contributed by atoms with Gasteiger partial charge in [0.25, 0.3) is 0 Å². The molecule has 1 heterocycles. The Morgan fingerprint density at radius 1 is 1.48 bits per heavy atom. The highest BCUT2D eigenvalue weighted by atomic mass is 16.5. The summed E-state index contributed by atoms with van der Waals surface area (Å²) < 4.78 is 5.55. The van der Waals surface area contributed by atoms with Gasteiger partial charge in [-0.3, -0.25) is 4.90 Å². The summed E-state index contributed by atoms with van der Waals surface area (Å²) >= 11 is 0.